The Morgan fingerprint density at radius 1 is 1.11 bits per heavy atom. The summed E-state index contributed by atoms with van der Waals surface area (Å²) >= 11 is 0. The number of nitrogen functional groups attached to an aromatic ring is 1. The van der Waals surface area contributed by atoms with Crippen LogP contribution in [0.1, 0.15) is 35.5 Å². The highest BCUT2D eigenvalue weighted by atomic mass is 16.5. The van der Waals surface area contributed by atoms with Gasteiger partial charge in [-0.2, -0.15) is 4.68 Å². The maximum absolute atomic E-state index is 12.9. The number of carbonyl (C=O) groups is 1. The standard InChI is InChI=1S/C25H26N6O3.C2H4O2/c1-15-12-17(14-19(13-15)33-2)22(28-18-10-8-16(9-11-18)23(26)27)24-29-25(32)31(30-24)20-6-4-5-7-21(20)34-3;1-2(3)4/h4-14,22,28H,1-3H3,(H3,26,27)(H,29,30,32);1H3,(H,3,4). The van der Waals surface area contributed by atoms with Crippen molar-refractivity contribution < 1.29 is 19.4 Å². The minimum Gasteiger partial charge on any atom is -0.497 e. The molecule has 0 saturated carbocycles. The summed E-state index contributed by atoms with van der Waals surface area (Å²) in [5.74, 6) is 0.801. The van der Waals surface area contributed by atoms with E-state index in [0.29, 0.717) is 28.6 Å². The van der Waals surface area contributed by atoms with Crippen LogP contribution in [-0.4, -0.2) is 45.9 Å². The molecule has 0 saturated heterocycles. The molecule has 0 aliphatic heterocycles. The Morgan fingerprint density at radius 2 is 1.76 bits per heavy atom. The number of hydrogen-bond donors (Lipinski definition) is 5. The van der Waals surface area contributed by atoms with E-state index in [2.05, 4.69) is 15.4 Å². The molecule has 38 heavy (non-hydrogen) atoms. The summed E-state index contributed by atoms with van der Waals surface area (Å²) in [5, 5.41) is 23.1. The number of nitrogens with one attached hydrogen (secondary N) is 3. The van der Waals surface area contributed by atoms with E-state index in [1.165, 1.54) is 4.68 Å². The quantitative estimate of drug-likeness (QED) is 0.174. The molecule has 0 bridgehead atoms. The van der Waals surface area contributed by atoms with E-state index in [1.807, 2.05) is 49.4 Å². The number of nitrogens with zero attached hydrogens (tertiary/aromatic N) is 2. The molecule has 198 valence electrons. The molecule has 1 heterocycles. The third kappa shape index (κ3) is 6.78. The summed E-state index contributed by atoms with van der Waals surface area (Å²) in [6, 6.07) is 19.7. The van der Waals surface area contributed by atoms with Crippen LogP contribution in [0.5, 0.6) is 11.5 Å². The number of carboxylic acids is 1. The van der Waals surface area contributed by atoms with Gasteiger partial charge < -0.3 is 25.6 Å². The molecule has 0 fully saturated rings. The van der Waals surface area contributed by atoms with Crippen molar-refractivity contribution in [2.75, 3.05) is 19.5 Å². The van der Waals surface area contributed by atoms with Gasteiger partial charge in [-0.15, -0.1) is 5.10 Å². The molecule has 1 aromatic heterocycles. The zero-order valence-electron chi connectivity index (χ0n) is 21.5. The lowest BCUT2D eigenvalue weighted by Gasteiger charge is -2.20. The van der Waals surface area contributed by atoms with Gasteiger partial charge >= 0.3 is 5.69 Å². The Kier molecular flexibility index (Phi) is 8.88. The highest BCUT2D eigenvalue weighted by Crippen LogP contribution is 2.29. The van der Waals surface area contributed by atoms with Crippen LogP contribution in [0.4, 0.5) is 5.69 Å². The first-order chi connectivity index (χ1) is 18.1. The lowest BCUT2D eigenvalue weighted by molar-refractivity contribution is -0.134. The number of aryl methyl sites for hydroxylation is 1. The number of benzene rings is 3. The highest BCUT2D eigenvalue weighted by Gasteiger charge is 2.22. The lowest BCUT2D eigenvalue weighted by Crippen LogP contribution is -2.16. The largest absolute Gasteiger partial charge is 0.497 e. The van der Waals surface area contributed by atoms with Gasteiger partial charge in [0.2, 0.25) is 0 Å². The second-order valence-electron chi connectivity index (χ2n) is 8.27. The zero-order chi connectivity index (χ0) is 27.8. The Labute approximate surface area is 219 Å². The van der Waals surface area contributed by atoms with Gasteiger partial charge in [0.15, 0.2) is 5.82 Å². The third-order valence-corrected chi connectivity index (χ3v) is 5.37. The van der Waals surface area contributed by atoms with Crippen LogP contribution in [0.2, 0.25) is 0 Å². The summed E-state index contributed by atoms with van der Waals surface area (Å²) in [6.07, 6.45) is 0. The van der Waals surface area contributed by atoms with Crippen LogP contribution in [0.3, 0.4) is 0 Å². The maximum Gasteiger partial charge on any atom is 0.348 e. The molecule has 4 rings (SSSR count). The number of H-pyrrole nitrogens is 1. The van der Waals surface area contributed by atoms with Gasteiger partial charge in [-0.05, 0) is 66.6 Å². The smallest absolute Gasteiger partial charge is 0.348 e. The molecule has 0 aliphatic carbocycles. The summed E-state index contributed by atoms with van der Waals surface area (Å²) in [6.45, 7) is 3.06. The monoisotopic (exact) mass is 518 g/mol. The number of amidine groups is 1. The average molecular weight is 519 g/mol. The predicted octanol–water partition coefficient (Wildman–Crippen LogP) is 3.46. The number of nitrogens with two attached hydrogens (primary N) is 1. The number of para-hydroxylation sites is 2. The van der Waals surface area contributed by atoms with Crippen LogP contribution >= 0.6 is 0 Å². The molecular weight excluding hydrogens is 488 g/mol. The number of carboxylic acid groups (broad SMARTS) is 1. The summed E-state index contributed by atoms with van der Waals surface area (Å²) in [5.41, 5.74) is 8.96. The normalized spacial score (nSPS) is 11.1. The van der Waals surface area contributed by atoms with Crippen molar-refractivity contribution in [2.45, 2.75) is 19.9 Å². The Balaban J connectivity index is 0.000000934. The van der Waals surface area contributed by atoms with Gasteiger partial charge in [0.25, 0.3) is 5.97 Å². The van der Waals surface area contributed by atoms with E-state index in [-0.39, 0.29) is 5.84 Å². The van der Waals surface area contributed by atoms with Gasteiger partial charge in [-0.25, -0.2) is 4.79 Å². The van der Waals surface area contributed by atoms with Crippen LogP contribution in [0, 0.1) is 12.3 Å². The molecule has 11 nitrogen and oxygen atoms in total. The highest BCUT2D eigenvalue weighted by molar-refractivity contribution is 5.95. The molecule has 11 heteroatoms. The van der Waals surface area contributed by atoms with Gasteiger partial charge in [0.05, 0.1) is 14.2 Å². The molecule has 0 radical (unpaired) electrons. The topological polar surface area (TPSA) is 168 Å². The lowest BCUT2D eigenvalue weighted by atomic mass is 10.0. The van der Waals surface area contributed by atoms with E-state index in [4.69, 9.17) is 30.5 Å². The van der Waals surface area contributed by atoms with Crippen LogP contribution in [-0.2, 0) is 4.79 Å². The molecule has 4 aromatic rings. The third-order valence-electron chi connectivity index (χ3n) is 5.37. The van der Waals surface area contributed by atoms with Crippen molar-refractivity contribution in [2.24, 2.45) is 5.73 Å². The Hall–Kier alpha value is -5.06. The van der Waals surface area contributed by atoms with Crippen molar-refractivity contribution in [3.8, 4) is 17.2 Å². The number of ether oxygens (including phenoxy) is 2. The van der Waals surface area contributed by atoms with E-state index in [0.717, 1.165) is 23.7 Å². The van der Waals surface area contributed by atoms with E-state index < -0.39 is 17.7 Å². The van der Waals surface area contributed by atoms with Crippen molar-refractivity contribution in [3.05, 3.63) is 99.7 Å². The number of aliphatic carboxylic acids is 1. The molecule has 6 N–H and O–H groups in total. The van der Waals surface area contributed by atoms with Gasteiger partial charge in [0.1, 0.15) is 29.1 Å². The molecule has 1 atom stereocenters. The van der Waals surface area contributed by atoms with E-state index in [9.17, 15) is 4.79 Å². The average Bonchev–Trinajstić information content (AvgIpc) is 3.27. The summed E-state index contributed by atoms with van der Waals surface area (Å²) in [7, 11) is 3.16. The van der Waals surface area contributed by atoms with Crippen LogP contribution in [0.15, 0.2) is 71.5 Å². The fourth-order valence-electron chi connectivity index (χ4n) is 3.72. The predicted molar refractivity (Wildman–Crippen MR) is 145 cm³/mol. The molecule has 0 spiro atoms. The SMILES string of the molecule is CC(=O)O.COc1cc(C)cc(C(Nc2ccc(C(=N)N)cc2)c2nn(-c3ccccc3OC)c(=O)[nH]2)c1. The number of aromatic amines is 1. The van der Waals surface area contributed by atoms with Crippen LogP contribution in [0.25, 0.3) is 5.69 Å². The minimum absolute atomic E-state index is 0.00796. The van der Waals surface area contributed by atoms with Gasteiger partial charge in [0, 0.05) is 18.2 Å². The molecule has 0 amide bonds. The van der Waals surface area contributed by atoms with Crippen molar-refractivity contribution in [1.29, 1.82) is 5.41 Å². The van der Waals surface area contributed by atoms with E-state index >= 15 is 0 Å². The Bertz CT molecular complexity index is 1470. The fourth-order valence-corrected chi connectivity index (χ4v) is 3.72. The first-order valence-corrected chi connectivity index (χ1v) is 11.5. The molecule has 3 aromatic carbocycles. The fraction of sp³-hybridized carbons (Fsp3) is 0.185. The zero-order valence-corrected chi connectivity index (χ0v) is 21.5. The van der Waals surface area contributed by atoms with Crippen LogP contribution < -0.4 is 26.2 Å². The van der Waals surface area contributed by atoms with E-state index in [1.54, 1.807) is 38.5 Å². The number of hydrogen-bond acceptors (Lipinski definition) is 7. The summed E-state index contributed by atoms with van der Waals surface area (Å²) in [4.78, 5) is 24.8. The number of aromatic nitrogens is 3. The summed E-state index contributed by atoms with van der Waals surface area (Å²) < 4.78 is 12.2. The second kappa shape index (κ2) is 12.3. The molecular formula is C27H30N6O5. The number of anilines is 1. The first kappa shape index (κ1) is 27.5. The van der Waals surface area contributed by atoms with Gasteiger partial charge in [-0.1, -0.05) is 18.2 Å². The second-order valence-corrected chi connectivity index (χ2v) is 8.27. The minimum atomic E-state index is -0.833. The Morgan fingerprint density at radius 3 is 2.37 bits per heavy atom. The number of methoxy groups -OCH3 is 2. The maximum atomic E-state index is 12.9. The van der Waals surface area contributed by atoms with Gasteiger partial charge in [-0.3, -0.25) is 15.2 Å². The number of rotatable bonds is 8. The van der Waals surface area contributed by atoms with Crippen molar-refractivity contribution in [3.63, 3.8) is 0 Å². The van der Waals surface area contributed by atoms with Crippen molar-refractivity contribution in [1.82, 2.24) is 14.8 Å². The molecule has 1 unspecified atom stereocenters. The first-order valence-electron chi connectivity index (χ1n) is 11.5. The van der Waals surface area contributed by atoms with Crippen molar-refractivity contribution >= 4 is 17.5 Å². The molecule has 0 aliphatic rings.